The molecule has 2 aliphatic rings. The minimum atomic E-state index is -0.586. The van der Waals surface area contributed by atoms with E-state index in [9.17, 15) is 14.0 Å². The van der Waals surface area contributed by atoms with Gasteiger partial charge in [0.25, 0.3) is 11.8 Å². The number of ether oxygens (including phenoxy) is 1. The van der Waals surface area contributed by atoms with Crippen LogP contribution < -0.4 is 5.32 Å². The molecule has 2 amide bonds. The Morgan fingerprint density at radius 1 is 1.19 bits per heavy atom. The molecule has 1 aromatic carbocycles. The number of benzene rings is 1. The first-order chi connectivity index (χ1) is 14.8. The van der Waals surface area contributed by atoms with Crippen LogP contribution in [0.5, 0.6) is 0 Å². The molecule has 166 valence electrons. The zero-order valence-corrected chi connectivity index (χ0v) is 17.9. The Morgan fingerprint density at radius 2 is 1.90 bits per heavy atom. The number of likely N-dealkylation sites (tertiary alicyclic amines) is 1. The van der Waals surface area contributed by atoms with E-state index < -0.39 is 11.7 Å². The molecule has 2 aromatic rings. The number of nitrogens with one attached hydrogen (secondary N) is 1. The molecule has 8 nitrogen and oxygen atoms in total. The summed E-state index contributed by atoms with van der Waals surface area (Å²) in [6, 6.07) is 7.78. The number of aryl methyl sites for hydroxylation is 1. The number of carbonyl (C=O) groups excluding carboxylic acids is 2. The van der Waals surface area contributed by atoms with Crippen molar-refractivity contribution in [2.75, 3.05) is 33.2 Å². The van der Waals surface area contributed by atoms with Crippen LogP contribution in [0.2, 0.25) is 0 Å². The van der Waals surface area contributed by atoms with Gasteiger partial charge in [-0.2, -0.15) is 5.10 Å². The number of hydrogen-bond acceptors (Lipinski definition) is 5. The van der Waals surface area contributed by atoms with Crippen LogP contribution in [0.15, 0.2) is 36.5 Å². The van der Waals surface area contributed by atoms with Crippen molar-refractivity contribution in [1.29, 1.82) is 0 Å². The van der Waals surface area contributed by atoms with E-state index in [1.54, 1.807) is 41.0 Å². The van der Waals surface area contributed by atoms with Crippen LogP contribution in [0.3, 0.4) is 0 Å². The molecule has 2 saturated heterocycles. The minimum absolute atomic E-state index is 0.0757. The molecule has 2 fully saturated rings. The maximum Gasteiger partial charge on any atom is 0.274 e. The van der Waals surface area contributed by atoms with Crippen molar-refractivity contribution in [1.82, 2.24) is 24.9 Å². The third-order valence-electron chi connectivity index (χ3n) is 5.99. The molecule has 0 unspecified atom stereocenters. The predicted molar refractivity (Wildman–Crippen MR) is 112 cm³/mol. The highest BCUT2D eigenvalue weighted by Crippen LogP contribution is 2.32. The molecule has 0 radical (unpaired) electrons. The third-order valence-corrected chi connectivity index (χ3v) is 5.99. The van der Waals surface area contributed by atoms with Crippen molar-refractivity contribution in [3.63, 3.8) is 0 Å². The first-order valence-electron chi connectivity index (χ1n) is 10.5. The Kier molecular flexibility index (Phi) is 6.06. The number of hydrogen-bond donors (Lipinski definition) is 1. The van der Waals surface area contributed by atoms with E-state index in [0.717, 1.165) is 12.1 Å². The van der Waals surface area contributed by atoms with Crippen LogP contribution in [0.25, 0.3) is 0 Å². The second kappa shape index (κ2) is 8.76. The normalized spacial score (nSPS) is 21.3. The number of piperidine rings is 1. The fourth-order valence-corrected chi connectivity index (χ4v) is 4.34. The number of halogens is 1. The second-order valence-corrected chi connectivity index (χ2v) is 8.50. The average Bonchev–Trinajstić information content (AvgIpc) is 3.19. The lowest BCUT2D eigenvalue weighted by Gasteiger charge is -2.48. The van der Waals surface area contributed by atoms with Gasteiger partial charge in [0.15, 0.2) is 0 Å². The Labute approximate surface area is 180 Å². The molecule has 1 aromatic heterocycles. The summed E-state index contributed by atoms with van der Waals surface area (Å²) in [6.07, 6.45) is 2.50. The highest BCUT2D eigenvalue weighted by Gasteiger charge is 2.44. The van der Waals surface area contributed by atoms with Gasteiger partial charge in [-0.1, -0.05) is 12.1 Å². The smallest absolute Gasteiger partial charge is 0.274 e. The monoisotopic (exact) mass is 429 g/mol. The van der Waals surface area contributed by atoms with Crippen molar-refractivity contribution in [3.05, 3.63) is 53.6 Å². The first-order valence-corrected chi connectivity index (χ1v) is 10.5. The molecule has 4 rings (SSSR count). The number of rotatable bonds is 4. The largest absolute Gasteiger partial charge is 0.359 e. The Morgan fingerprint density at radius 3 is 2.55 bits per heavy atom. The van der Waals surface area contributed by atoms with Gasteiger partial charge in [0, 0.05) is 46.0 Å². The molecule has 1 N–H and O–H groups in total. The van der Waals surface area contributed by atoms with Crippen molar-refractivity contribution in [2.24, 2.45) is 7.05 Å². The number of amides is 2. The standard InChI is InChI=1S/C22H28FN5O3/c1-26-14-19(20(29)24-13-16-3-5-17(23)6-4-16)31-22(15-26)8-11-28(12-9-22)21(30)18-7-10-27(2)25-18/h3-7,10,19H,8-9,11-15H2,1-2H3,(H,24,29)/t19-/m0/s1. The molecule has 3 heterocycles. The number of nitrogens with zero attached hydrogens (tertiary/aromatic N) is 4. The second-order valence-electron chi connectivity index (χ2n) is 8.50. The molecule has 2 aliphatic heterocycles. The molecule has 0 aliphatic carbocycles. The van der Waals surface area contributed by atoms with E-state index in [1.165, 1.54) is 12.1 Å². The van der Waals surface area contributed by atoms with Crippen molar-refractivity contribution >= 4 is 11.8 Å². The number of morpholine rings is 1. The van der Waals surface area contributed by atoms with Gasteiger partial charge in [0.1, 0.15) is 17.6 Å². The van der Waals surface area contributed by atoms with Crippen molar-refractivity contribution in [2.45, 2.75) is 31.1 Å². The fraction of sp³-hybridized carbons (Fsp3) is 0.500. The lowest BCUT2D eigenvalue weighted by Crippen LogP contribution is -2.61. The Bertz CT molecular complexity index is 937. The zero-order chi connectivity index (χ0) is 22.0. The van der Waals surface area contributed by atoms with Gasteiger partial charge in [0.2, 0.25) is 0 Å². The van der Waals surface area contributed by atoms with Crippen molar-refractivity contribution < 1.29 is 18.7 Å². The van der Waals surface area contributed by atoms with Crippen LogP contribution in [0.4, 0.5) is 4.39 Å². The van der Waals surface area contributed by atoms with Gasteiger partial charge in [-0.15, -0.1) is 0 Å². The van der Waals surface area contributed by atoms with E-state index >= 15 is 0 Å². The van der Waals surface area contributed by atoms with E-state index in [4.69, 9.17) is 4.74 Å². The van der Waals surface area contributed by atoms with Crippen LogP contribution in [0, 0.1) is 5.82 Å². The predicted octanol–water partition coefficient (Wildman–Crippen LogP) is 1.18. The topological polar surface area (TPSA) is 79.7 Å². The maximum atomic E-state index is 13.1. The number of aromatic nitrogens is 2. The van der Waals surface area contributed by atoms with Crippen LogP contribution in [-0.4, -0.2) is 76.3 Å². The van der Waals surface area contributed by atoms with Gasteiger partial charge in [-0.3, -0.25) is 14.3 Å². The van der Waals surface area contributed by atoms with E-state index in [0.29, 0.717) is 44.7 Å². The van der Waals surface area contributed by atoms with Crippen LogP contribution in [-0.2, 0) is 23.1 Å². The van der Waals surface area contributed by atoms with Crippen LogP contribution >= 0.6 is 0 Å². The summed E-state index contributed by atoms with van der Waals surface area (Å²) in [4.78, 5) is 29.3. The quantitative estimate of drug-likeness (QED) is 0.790. The van der Waals surface area contributed by atoms with Crippen LogP contribution in [0.1, 0.15) is 28.9 Å². The van der Waals surface area contributed by atoms with Gasteiger partial charge in [-0.25, -0.2) is 4.39 Å². The Hall–Kier alpha value is -2.78. The maximum absolute atomic E-state index is 13.1. The molecule has 9 heteroatoms. The molecular weight excluding hydrogens is 401 g/mol. The molecule has 0 bridgehead atoms. The molecule has 1 atom stereocenters. The number of likely N-dealkylation sites (N-methyl/N-ethyl adjacent to an activating group) is 1. The summed E-state index contributed by atoms with van der Waals surface area (Å²) in [5.74, 6) is -0.558. The number of carbonyl (C=O) groups is 2. The SMILES string of the molecule is CN1C[C@@H](C(=O)NCc2ccc(F)cc2)OC2(CCN(C(=O)c3ccn(C)n3)CC2)C1. The van der Waals surface area contributed by atoms with Gasteiger partial charge >= 0.3 is 0 Å². The summed E-state index contributed by atoms with van der Waals surface area (Å²) in [6.45, 7) is 2.68. The average molecular weight is 429 g/mol. The summed E-state index contributed by atoms with van der Waals surface area (Å²) in [7, 11) is 3.77. The van der Waals surface area contributed by atoms with E-state index in [2.05, 4.69) is 15.3 Å². The van der Waals surface area contributed by atoms with Gasteiger partial charge in [0.05, 0.1) is 5.60 Å². The van der Waals surface area contributed by atoms with Gasteiger partial charge < -0.3 is 19.9 Å². The summed E-state index contributed by atoms with van der Waals surface area (Å²) >= 11 is 0. The molecular formula is C22H28FN5O3. The van der Waals surface area contributed by atoms with Crippen molar-refractivity contribution in [3.8, 4) is 0 Å². The van der Waals surface area contributed by atoms with E-state index in [-0.39, 0.29) is 17.6 Å². The minimum Gasteiger partial charge on any atom is -0.359 e. The zero-order valence-electron chi connectivity index (χ0n) is 17.9. The third kappa shape index (κ3) is 4.94. The summed E-state index contributed by atoms with van der Waals surface area (Å²) in [5.41, 5.74) is 0.819. The highest BCUT2D eigenvalue weighted by atomic mass is 19.1. The molecule has 1 spiro atoms. The molecule has 0 saturated carbocycles. The molecule has 31 heavy (non-hydrogen) atoms. The lowest BCUT2D eigenvalue weighted by atomic mass is 9.88. The highest BCUT2D eigenvalue weighted by molar-refractivity contribution is 5.92. The lowest BCUT2D eigenvalue weighted by molar-refractivity contribution is -0.180. The van der Waals surface area contributed by atoms with Gasteiger partial charge in [-0.05, 0) is 43.7 Å². The first kappa shape index (κ1) is 21.5. The van der Waals surface area contributed by atoms with E-state index in [1.807, 2.05) is 7.05 Å². The fourth-order valence-electron chi connectivity index (χ4n) is 4.34. The Balaban J connectivity index is 1.34. The summed E-state index contributed by atoms with van der Waals surface area (Å²) in [5, 5.41) is 7.09. The summed E-state index contributed by atoms with van der Waals surface area (Å²) < 4.78 is 21.0.